The molecule has 0 bridgehead atoms. The molecule has 1 heterocycles. The zero-order valence-corrected chi connectivity index (χ0v) is 17.8. The van der Waals surface area contributed by atoms with Crippen LogP contribution in [0.5, 0.6) is 0 Å². The van der Waals surface area contributed by atoms with Crippen LogP contribution in [0.15, 0.2) is 0 Å². The van der Waals surface area contributed by atoms with Crippen LogP contribution in [0.1, 0.15) is 54.4 Å². The number of rotatable bonds is 5. The number of piperidine rings is 1. The summed E-state index contributed by atoms with van der Waals surface area (Å²) in [6, 6.07) is -0.875. The average molecular weight is 385 g/mol. The van der Waals surface area contributed by atoms with Gasteiger partial charge in [-0.3, -0.25) is 15.0 Å². The third kappa shape index (κ3) is 7.74. The Kier molecular flexibility index (Phi) is 8.53. The van der Waals surface area contributed by atoms with E-state index in [4.69, 9.17) is 4.74 Å². The van der Waals surface area contributed by atoms with E-state index in [1.807, 2.05) is 34.6 Å². The van der Waals surface area contributed by atoms with Crippen molar-refractivity contribution in [2.24, 2.45) is 5.92 Å². The molecule has 2 N–H and O–H groups in total. The van der Waals surface area contributed by atoms with Gasteiger partial charge in [-0.05, 0) is 66.8 Å². The maximum atomic E-state index is 12.5. The van der Waals surface area contributed by atoms with Crippen LogP contribution in [0.3, 0.4) is 0 Å². The quantitative estimate of drug-likeness (QED) is 0.758. The number of hydrogen-bond donors (Lipinski definition) is 2. The molecular formula is C19H36N4O4. The number of carbonyl (C=O) groups is 3. The standard InChI is InChI=1S/C19H36N4O4/c1-13(2)23(18(26)27-19(4,5)6)12-15-9-8-10-22(11-15)14(3)16(24)21-17(25)20-7/h13-15H,8-12H2,1-7H3,(H2,20,21,24,25)/t14-,15-/m1/s1. The zero-order chi connectivity index (χ0) is 20.8. The number of likely N-dealkylation sites (tertiary alicyclic amines) is 1. The zero-order valence-electron chi connectivity index (χ0n) is 17.8. The number of nitrogens with one attached hydrogen (secondary N) is 2. The van der Waals surface area contributed by atoms with Crippen molar-refractivity contribution in [2.75, 3.05) is 26.7 Å². The number of imide groups is 1. The molecule has 1 rings (SSSR count). The van der Waals surface area contributed by atoms with E-state index in [1.54, 1.807) is 11.8 Å². The number of carbonyl (C=O) groups excluding carboxylic acids is 3. The third-order valence-corrected chi connectivity index (χ3v) is 4.65. The summed E-state index contributed by atoms with van der Waals surface area (Å²) in [7, 11) is 1.47. The first-order valence-corrected chi connectivity index (χ1v) is 9.70. The Balaban J connectivity index is 2.70. The van der Waals surface area contributed by atoms with Gasteiger partial charge in [0.1, 0.15) is 5.60 Å². The Morgan fingerprint density at radius 1 is 1.22 bits per heavy atom. The maximum Gasteiger partial charge on any atom is 0.410 e. The third-order valence-electron chi connectivity index (χ3n) is 4.65. The molecule has 1 aliphatic rings. The molecule has 8 heteroatoms. The second-order valence-electron chi connectivity index (χ2n) is 8.47. The molecule has 27 heavy (non-hydrogen) atoms. The highest BCUT2D eigenvalue weighted by Gasteiger charge is 2.32. The molecule has 0 saturated carbocycles. The van der Waals surface area contributed by atoms with Crippen LogP contribution in [0.4, 0.5) is 9.59 Å². The molecule has 0 aromatic rings. The molecule has 1 fully saturated rings. The monoisotopic (exact) mass is 384 g/mol. The van der Waals surface area contributed by atoms with Crippen molar-refractivity contribution in [1.82, 2.24) is 20.4 Å². The Morgan fingerprint density at radius 3 is 2.37 bits per heavy atom. The minimum atomic E-state index is -0.532. The number of ether oxygens (including phenoxy) is 1. The highest BCUT2D eigenvalue weighted by molar-refractivity contribution is 5.96. The molecule has 0 aromatic heterocycles. The van der Waals surface area contributed by atoms with Gasteiger partial charge < -0.3 is 15.0 Å². The van der Waals surface area contributed by atoms with Crippen LogP contribution in [-0.2, 0) is 9.53 Å². The van der Waals surface area contributed by atoms with E-state index in [1.165, 1.54) is 7.05 Å². The van der Waals surface area contributed by atoms with Crippen molar-refractivity contribution in [3.05, 3.63) is 0 Å². The molecule has 0 aliphatic carbocycles. The summed E-state index contributed by atoms with van der Waals surface area (Å²) in [4.78, 5) is 39.9. The minimum Gasteiger partial charge on any atom is -0.444 e. The van der Waals surface area contributed by atoms with Gasteiger partial charge in [0.05, 0.1) is 6.04 Å². The second-order valence-corrected chi connectivity index (χ2v) is 8.47. The van der Waals surface area contributed by atoms with Crippen molar-refractivity contribution >= 4 is 18.0 Å². The van der Waals surface area contributed by atoms with Crippen molar-refractivity contribution in [3.8, 4) is 0 Å². The molecule has 0 spiro atoms. The summed E-state index contributed by atoms with van der Waals surface area (Å²) >= 11 is 0. The van der Waals surface area contributed by atoms with Crippen molar-refractivity contribution in [2.45, 2.75) is 72.1 Å². The summed E-state index contributed by atoms with van der Waals surface area (Å²) in [5, 5.41) is 4.71. The van der Waals surface area contributed by atoms with Crippen LogP contribution < -0.4 is 10.6 Å². The Labute approximate surface area is 163 Å². The predicted octanol–water partition coefficient (Wildman–Crippen LogP) is 2.19. The minimum absolute atomic E-state index is 0.0317. The Bertz CT molecular complexity index is 530. The fourth-order valence-electron chi connectivity index (χ4n) is 3.14. The molecule has 1 aliphatic heterocycles. The first-order chi connectivity index (χ1) is 12.4. The number of urea groups is 1. The van der Waals surface area contributed by atoms with Crippen molar-refractivity contribution in [3.63, 3.8) is 0 Å². The highest BCUT2D eigenvalue weighted by atomic mass is 16.6. The van der Waals surface area contributed by atoms with E-state index in [0.717, 1.165) is 19.4 Å². The van der Waals surface area contributed by atoms with Gasteiger partial charge in [0.15, 0.2) is 0 Å². The van der Waals surface area contributed by atoms with Gasteiger partial charge in [-0.2, -0.15) is 0 Å². The fraction of sp³-hybridized carbons (Fsp3) is 0.842. The molecule has 4 amide bonds. The topological polar surface area (TPSA) is 91.0 Å². The summed E-state index contributed by atoms with van der Waals surface area (Å²) in [6.07, 6.45) is 1.63. The van der Waals surface area contributed by atoms with Crippen LogP contribution in [-0.4, -0.2) is 72.2 Å². The van der Waals surface area contributed by atoms with Gasteiger partial charge in [-0.25, -0.2) is 9.59 Å². The smallest absolute Gasteiger partial charge is 0.410 e. The lowest BCUT2D eigenvalue weighted by molar-refractivity contribution is -0.125. The van der Waals surface area contributed by atoms with Gasteiger partial charge in [0.2, 0.25) is 5.91 Å². The van der Waals surface area contributed by atoms with E-state index >= 15 is 0 Å². The van der Waals surface area contributed by atoms with E-state index < -0.39 is 17.7 Å². The Hall–Kier alpha value is -1.83. The maximum absolute atomic E-state index is 12.5. The van der Waals surface area contributed by atoms with Gasteiger partial charge in [0.25, 0.3) is 0 Å². The normalized spacial score (nSPS) is 19.3. The lowest BCUT2D eigenvalue weighted by atomic mass is 9.95. The predicted molar refractivity (Wildman–Crippen MR) is 104 cm³/mol. The first-order valence-electron chi connectivity index (χ1n) is 9.70. The summed E-state index contributed by atoms with van der Waals surface area (Å²) < 4.78 is 5.54. The van der Waals surface area contributed by atoms with E-state index in [2.05, 4.69) is 15.5 Å². The van der Waals surface area contributed by atoms with Crippen molar-refractivity contribution in [1.29, 1.82) is 0 Å². The SMILES string of the molecule is CNC(=O)NC(=O)[C@@H](C)N1CCC[C@@H](CN(C(=O)OC(C)(C)C)C(C)C)C1. The summed E-state index contributed by atoms with van der Waals surface area (Å²) in [5.74, 6) is -0.0632. The van der Waals surface area contributed by atoms with E-state index in [0.29, 0.717) is 13.1 Å². The lowest BCUT2D eigenvalue weighted by Gasteiger charge is -2.39. The van der Waals surface area contributed by atoms with Crippen LogP contribution >= 0.6 is 0 Å². The number of nitrogens with zero attached hydrogens (tertiary/aromatic N) is 2. The summed E-state index contributed by atoms with van der Waals surface area (Å²) in [6.45, 7) is 13.4. The van der Waals surface area contributed by atoms with Gasteiger partial charge in [-0.15, -0.1) is 0 Å². The molecular weight excluding hydrogens is 348 g/mol. The average Bonchev–Trinajstić information content (AvgIpc) is 2.57. The molecule has 156 valence electrons. The van der Waals surface area contributed by atoms with Crippen LogP contribution in [0, 0.1) is 5.92 Å². The molecule has 0 unspecified atom stereocenters. The molecule has 0 radical (unpaired) electrons. The fourth-order valence-corrected chi connectivity index (χ4v) is 3.14. The number of amides is 4. The Morgan fingerprint density at radius 2 is 1.85 bits per heavy atom. The molecule has 8 nitrogen and oxygen atoms in total. The molecule has 0 aromatic carbocycles. The molecule has 1 saturated heterocycles. The highest BCUT2D eigenvalue weighted by Crippen LogP contribution is 2.22. The first kappa shape index (κ1) is 23.2. The van der Waals surface area contributed by atoms with Crippen LogP contribution in [0.25, 0.3) is 0 Å². The van der Waals surface area contributed by atoms with Gasteiger partial charge in [-0.1, -0.05) is 0 Å². The van der Waals surface area contributed by atoms with Gasteiger partial charge >= 0.3 is 12.1 Å². The van der Waals surface area contributed by atoms with Gasteiger partial charge in [0, 0.05) is 26.2 Å². The van der Waals surface area contributed by atoms with E-state index in [-0.39, 0.29) is 24.0 Å². The lowest BCUT2D eigenvalue weighted by Crippen LogP contribution is -2.53. The second kappa shape index (κ2) is 9.92. The largest absolute Gasteiger partial charge is 0.444 e. The van der Waals surface area contributed by atoms with Crippen molar-refractivity contribution < 1.29 is 19.1 Å². The van der Waals surface area contributed by atoms with E-state index in [9.17, 15) is 14.4 Å². The van der Waals surface area contributed by atoms with Crippen LogP contribution in [0.2, 0.25) is 0 Å². The number of hydrogen-bond acceptors (Lipinski definition) is 5. The molecule has 2 atom stereocenters. The summed E-state index contributed by atoms with van der Waals surface area (Å²) in [5.41, 5.74) is -0.532.